The predicted molar refractivity (Wildman–Crippen MR) is 39.0 cm³/mol. The Balaban J connectivity index is 2.49. The van der Waals surface area contributed by atoms with E-state index >= 15 is 0 Å². The Morgan fingerprint density at radius 3 is 2.89 bits per heavy atom. The quantitative estimate of drug-likeness (QED) is 0.516. The van der Waals surface area contributed by atoms with E-state index < -0.39 is 0 Å². The van der Waals surface area contributed by atoms with Crippen LogP contribution < -0.4 is 5.32 Å². The Hall–Kier alpha value is -0.660. The predicted octanol–water partition coefficient (Wildman–Crippen LogP) is 0.773. The van der Waals surface area contributed by atoms with E-state index in [1.54, 1.807) is 0 Å². The zero-order valence-corrected chi connectivity index (χ0v) is 6.15. The van der Waals surface area contributed by atoms with E-state index in [1.807, 2.05) is 0 Å². The molecule has 0 aliphatic carbocycles. The van der Waals surface area contributed by atoms with Crippen molar-refractivity contribution in [3.63, 3.8) is 0 Å². The molecular formula is C7H14N2. The minimum Gasteiger partial charge on any atom is -0.372 e. The normalized spacial score (nSPS) is 24.2. The van der Waals surface area contributed by atoms with Crippen LogP contribution in [0.15, 0.2) is 11.9 Å². The molecule has 1 aliphatic rings. The van der Waals surface area contributed by atoms with Crippen LogP contribution in [0.3, 0.4) is 0 Å². The molecule has 1 rings (SSSR count). The maximum absolute atomic E-state index is 3.31. The van der Waals surface area contributed by atoms with E-state index in [0.717, 1.165) is 6.54 Å². The first-order valence-electron chi connectivity index (χ1n) is 3.46. The van der Waals surface area contributed by atoms with Gasteiger partial charge in [0.2, 0.25) is 0 Å². The maximum Gasteiger partial charge on any atom is 0.0966 e. The van der Waals surface area contributed by atoms with Gasteiger partial charge in [-0.3, -0.25) is 0 Å². The fraction of sp³-hybridized carbons (Fsp3) is 0.714. The third-order valence-corrected chi connectivity index (χ3v) is 1.66. The topological polar surface area (TPSA) is 15.3 Å². The number of rotatable bonds is 0. The van der Waals surface area contributed by atoms with Gasteiger partial charge < -0.3 is 10.2 Å². The van der Waals surface area contributed by atoms with Crippen LogP contribution in [0.1, 0.15) is 13.3 Å². The molecule has 0 unspecified atom stereocenters. The Kier molecular flexibility index (Phi) is 1.98. The molecule has 1 heterocycles. The highest BCUT2D eigenvalue weighted by Gasteiger charge is 2.06. The molecule has 1 aliphatic heterocycles. The molecule has 1 N–H and O–H groups in total. The largest absolute Gasteiger partial charge is 0.372 e. The Labute approximate surface area is 56.5 Å². The van der Waals surface area contributed by atoms with E-state index in [1.165, 1.54) is 18.8 Å². The average Bonchev–Trinajstić information content (AvgIpc) is 1.89. The first-order chi connectivity index (χ1) is 4.34. The smallest absolute Gasteiger partial charge is 0.0966 e. The molecule has 0 bridgehead atoms. The molecule has 2 nitrogen and oxygen atoms in total. The van der Waals surface area contributed by atoms with Gasteiger partial charge in [-0.15, -0.1) is 0 Å². The molecule has 0 amide bonds. The molecule has 2 heteroatoms. The van der Waals surface area contributed by atoms with Crippen LogP contribution in [-0.4, -0.2) is 25.0 Å². The second kappa shape index (κ2) is 2.76. The molecular weight excluding hydrogens is 112 g/mol. The summed E-state index contributed by atoms with van der Waals surface area (Å²) in [5, 5.41) is 3.31. The van der Waals surface area contributed by atoms with Gasteiger partial charge in [-0.1, -0.05) is 0 Å². The van der Waals surface area contributed by atoms with Gasteiger partial charge in [-0.2, -0.15) is 0 Å². The SMILES string of the molecule is C/C=C1/NCCCN1C. The van der Waals surface area contributed by atoms with E-state index in [0.29, 0.717) is 0 Å². The van der Waals surface area contributed by atoms with Gasteiger partial charge in [0.15, 0.2) is 0 Å². The molecule has 0 aromatic rings. The lowest BCUT2D eigenvalue weighted by molar-refractivity contribution is 0.334. The lowest BCUT2D eigenvalue weighted by Gasteiger charge is -2.28. The van der Waals surface area contributed by atoms with E-state index in [-0.39, 0.29) is 0 Å². The second-order valence-electron chi connectivity index (χ2n) is 2.38. The van der Waals surface area contributed by atoms with Gasteiger partial charge in [-0.05, 0) is 19.4 Å². The molecule has 0 aromatic heterocycles. The standard InChI is InChI=1S/C7H14N2/c1-3-7-8-5-4-6-9(7)2/h3,8H,4-6H2,1-2H3/b7-3-. The zero-order valence-electron chi connectivity index (χ0n) is 6.15. The first kappa shape index (κ1) is 6.46. The summed E-state index contributed by atoms with van der Waals surface area (Å²) < 4.78 is 0. The number of hydrogen-bond donors (Lipinski definition) is 1. The summed E-state index contributed by atoms with van der Waals surface area (Å²) in [6.45, 7) is 4.38. The molecule has 1 saturated heterocycles. The van der Waals surface area contributed by atoms with Crippen molar-refractivity contribution in [3.05, 3.63) is 11.9 Å². The molecule has 0 saturated carbocycles. The van der Waals surface area contributed by atoms with E-state index in [4.69, 9.17) is 0 Å². The summed E-state index contributed by atoms with van der Waals surface area (Å²) >= 11 is 0. The third-order valence-electron chi connectivity index (χ3n) is 1.66. The molecule has 0 atom stereocenters. The minimum atomic E-state index is 1.13. The van der Waals surface area contributed by atoms with Gasteiger partial charge >= 0.3 is 0 Å². The highest BCUT2D eigenvalue weighted by Crippen LogP contribution is 2.02. The first-order valence-corrected chi connectivity index (χ1v) is 3.46. The molecule has 52 valence electrons. The van der Waals surface area contributed by atoms with Crippen molar-refractivity contribution in [3.8, 4) is 0 Å². The van der Waals surface area contributed by atoms with Crippen LogP contribution in [0.2, 0.25) is 0 Å². The highest BCUT2D eigenvalue weighted by atomic mass is 15.2. The molecule has 9 heavy (non-hydrogen) atoms. The monoisotopic (exact) mass is 126 g/mol. The number of allylic oxidation sites excluding steroid dienone is 1. The summed E-state index contributed by atoms with van der Waals surface area (Å²) in [5.74, 6) is 1.27. The van der Waals surface area contributed by atoms with E-state index in [9.17, 15) is 0 Å². The fourth-order valence-corrected chi connectivity index (χ4v) is 1.11. The van der Waals surface area contributed by atoms with Crippen molar-refractivity contribution in [1.82, 2.24) is 10.2 Å². The highest BCUT2D eigenvalue weighted by molar-refractivity contribution is 4.98. The Morgan fingerprint density at radius 1 is 1.67 bits per heavy atom. The van der Waals surface area contributed by atoms with Crippen molar-refractivity contribution >= 4 is 0 Å². The van der Waals surface area contributed by atoms with Crippen LogP contribution in [0.25, 0.3) is 0 Å². The summed E-state index contributed by atoms with van der Waals surface area (Å²) in [4.78, 5) is 2.24. The van der Waals surface area contributed by atoms with Crippen LogP contribution in [0, 0.1) is 0 Å². The summed E-state index contributed by atoms with van der Waals surface area (Å²) in [6.07, 6.45) is 3.37. The van der Waals surface area contributed by atoms with Gasteiger partial charge in [0.05, 0.1) is 5.82 Å². The van der Waals surface area contributed by atoms with Crippen molar-refractivity contribution in [2.45, 2.75) is 13.3 Å². The van der Waals surface area contributed by atoms with Gasteiger partial charge in [-0.25, -0.2) is 0 Å². The van der Waals surface area contributed by atoms with Crippen LogP contribution >= 0.6 is 0 Å². The lowest BCUT2D eigenvalue weighted by Crippen LogP contribution is -2.36. The fourth-order valence-electron chi connectivity index (χ4n) is 1.11. The van der Waals surface area contributed by atoms with Gasteiger partial charge in [0, 0.05) is 20.1 Å². The van der Waals surface area contributed by atoms with E-state index in [2.05, 4.69) is 30.3 Å². The van der Waals surface area contributed by atoms with Crippen molar-refractivity contribution < 1.29 is 0 Å². The van der Waals surface area contributed by atoms with Crippen molar-refractivity contribution in [1.29, 1.82) is 0 Å². The van der Waals surface area contributed by atoms with Crippen LogP contribution in [0.5, 0.6) is 0 Å². The Morgan fingerprint density at radius 2 is 2.44 bits per heavy atom. The molecule has 0 spiro atoms. The van der Waals surface area contributed by atoms with Crippen LogP contribution in [0.4, 0.5) is 0 Å². The molecule has 1 fully saturated rings. The van der Waals surface area contributed by atoms with Crippen molar-refractivity contribution in [2.75, 3.05) is 20.1 Å². The summed E-state index contributed by atoms with van der Waals surface area (Å²) in [7, 11) is 2.11. The number of nitrogens with one attached hydrogen (secondary N) is 1. The maximum atomic E-state index is 3.31. The molecule has 0 radical (unpaired) electrons. The third kappa shape index (κ3) is 1.37. The minimum absolute atomic E-state index is 1.13. The van der Waals surface area contributed by atoms with Crippen molar-refractivity contribution in [2.24, 2.45) is 0 Å². The average molecular weight is 126 g/mol. The van der Waals surface area contributed by atoms with Crippen LogP contribution in [-0.2, 0) is 0 Å². The Bertz CT molecular complexity index is 118. The lowest BCUT2D eigenvalue weighted by atomic mass is 10.3. The number of nitrogens with zero attached hydrogens (tertiary/aromatic N) is 1. The van der Waals surface area contributed by atoms with Gasteiger partial charge in [0.1, 0.15) is 0 Å². The molecule has 0 aromatic carbocycles. The summed E-state index contributed by atoms with van der Waals surface area (Å²) in [6, 6.07) is 0. The number of hydrogen-bond acceptors (Lipinski definition) is 2. The second-order valence-corrected chi connectivity index (χ2v) is 2.38. The zero-order chi connectivity index (χ0) is 6.69. The van der Waals surface area contributed by atoms with Gasteiger partial charge in [0.25, 0.3) is 0 Å². The summed E-state index contributed by atoms with van der Waals surface area (Å²) in [5.41, 5.74) is 0.